The Morgan fingerprint density at radius 2 is 1.81 bits per heavy atom. The van der Waals surface area contributed by atoms with Gasteiger partial charge in [0.05, 0.1) is 11.3 Å². The van der Waals surface area contributed by atoms with Gasteiger partial charge in [-0.05, 0) is 48.9 Å². The number of carbonyl (C=O) groups excluding carboxylic acids is 1. The number of carboxylic acids is 1. The smallest absolute Gasteiger partial charge is 0.400 e. The molecule has 0 aliphatic carbocycles. The zero-order valence-electron chi connectivity index (χ0n) is 17.8. The topological polar surface area (TPSA) is 75.6 Å². The van der Waals surface area contributed by atoms with Crippen molar-refractivity contribution in [3.05, 3.63) is 47.0 Å². The van der Waals surface area contributed by atoms with Crippen LogP contribution in [0.2, 0.25) is 5.02 Å². The van der Waals surface area contributed by atoms with Crippen molar-refractivity contribution in [1.29, 1.82) is 0 Å². The van der Waals surface area contributed by atoms with E-state index in [2.05, 4.69) is 5.32 Å². The van der Waals surface area contributed by atoms with Crippen molar-refractivity contribution >= 4 is 40.9 Å². The normalized spacial score (nSPS) is 12.9. The molecule has 0 aromatic heterocycles. The maximum Gasteiger partial charge on any atom is 0.400 e. The number of ether oxygens (including phenoxy) is 1. The molecule has 0 aliphatic rings. The molecule has 0 saturated heterocycles. The van der Waals surface area contributed by atoms with Crippen molar-refractivity contribution in [2.45, 2.75) is 50.4 Å². The number of thioether (sulfide) groups is 1. The Morgan fingerprint density at radius 1 is 1.16 bits per heavy atom. The van der Waals surface area contributed by atoms with Crippen LogP contribution in [0.15, 0.2) is 41.3 Å². The molecule has 10 heteroatoms. The summed E-state index contributed by atoms with van der Waals surface area (Å²) in [4.78, 5) is 23.4. The molecule has 0 saturated carbocycles. The number of alkyl halides is 3. The minimum absolute atomic E-state index is 0.114. The van der Waals surface area contributed by atoms with E-state index in [1.165, 1.54) is 36.4 Å². The average Bonchev–Trinajstić information content (AvgIpc) is 2.61. The van der Waals surface area contributed by atoms with E-state index in [1.54, 1.807) is 20.8 Å². The van der Waals surface area contributed by atoms with Crippen LogP contribution >= 0.6 is 23.4 Å². The van der Waals surface area contributed by atoms with Gasteiger partial charge in [0.25, 0.3) is 0 Å². The molecule has 0 radical (unpaired) electrons. The fourth-order valence-electron chi connectivity index (χ4n) is 2.42. The van der Waals surface area contributed by atoms with E-state index in [-0.39, 0.29) is 33.7 Å². The van der Waals surface area contributed by atoms with E-state index in [0.29, 0.717) is 23.0 Å². The summed E-state index contributed by atoms with van der Waals surface area (Å²) in [6.45, 7) is 6.18. The summed E-state index contributed by atoms with van der Waals surface area (Å²) in [5.41, 5.74) is 0.0158. The molecule has 0 bridgehead atoms. The minimum atomic E-state index is -4.45. The lowest BCUT2D eigenvalue weighted by atomic mass is 9.95. The van der Waals surface area contributed by atoms with Gasteiger partial charge in [0.15, 0.2) is 0 Å². The number of hydrogen-bond donors (Lipinski definition) is 2. The van der Waals surface area contributed by atoms with Crippen LogP contribution in [-0.2, 0) is 16.0 Å². The first-order valence-electron chi connectivity index (χ1n) is 9.53. The molecule has 5 nitrogen and oxygen atoms in total. The minimum Gasteiger partial charge on any atom is -0.481 e. The van der Waals surface area contributed by atoms with Gasteiger partial charge in [0, 0.05) is 16.1 Å². The molecular weight excluding hydrogens is 467 g/mol. The molecule has 32 heavy (non-hydrogen) atoms. The van der Waals surface area contributed by atoms with E-state index in [0.717, 1.165) is 6.92 Å². The van der Waals surface area contributed by atoms with Crippen LogP contribution in [0.4, 0.5) is 18.9 Å². The van der Waals surface area contributed by atoms with E-state index in [4.69, 9.17) is 21.4 Å². The third kappa shape index (κ3) is 7.63. The van der Waals surface area contributed by atoms with E-state index >= 15 is 0 Å². The summed E-state index contributed by atoms with van der Waals surface area (Å²) < 4.78 is 45.3. The van der Waals surface area contributed by atoms with Crippen LogP contribution in [-0.4, -0.2) is 28.4 Å². The molecular formula is C22H23ClF3NO4S. The van der Waals surface area contributed by atoms with Gasteiger partial charge in [-0.15, -0.1) is 11.8 Å². The molecule has 1 atom stereocenters. The lowest BCUT2D eigenvalue weighted by Gasteiger charge is -2.20. The Bertz CT molecular complexity index is 1010. The zero-order chi connectivity index (χ0) is 24.3. The summed E-state index contributed by atoms with van der Waals surface area (Å²) in [7, 11) is 0. The highest BCUT2D eigenvalue weighted by atomic mass is 35.5. The fraction of sp³-hybridized carbons (Fsp3) is 0.364. The van der Waals surface area contributed by atoms with E-state index < -0.39 is 22.8 Å². The standard InChI is InChI=1S/C22H23ClF3NO4S/c1-12(22(24,25)26)32-18-11-15(27-20(30)21(2,3)4)5-6-17(18)31-16-8-13(9-19(28)29)7-14(23)10-16/h5-8,10-12H,9H2,1-4H3,(H,27,30)(H,28,29). The van der Waals surface area contributed by atoms with Gasteiger partial charge in [0.1, 0.15) is 16.7 Å². The molecule has 2 aromatic carbocycles. The first-order chi connectivity index (χ1) is 14.6. The van der Waals surface area contributed by atoms with Crippen LogP contribution < -0.4 is 10.1 Å². The summed E-state index contributed by atoms with van der Waals surface area (Å²) in [6, 6.07) is 8.73. The molecule has 2 rings (SSSR count). The Morgan fingerprint density at radius 3 is 2.38 bits per heavy atom. The molecule has 0 spiro atoms. The van der Waals surface area contributed by atoms with Gasteiger partial charge >= 0.3 is 12.1 Å². The molecule has 2 N–H and O–H groups in total. The van der Waals surface area contributed by atoms with Gasteiger partial charge in [0.2, 0.25) is 5.91 Å². The number of nitrogens with one attached hydrogen (secondary N) is 1. The average molecular weight is 490 g/mol. The Kier molecular flexibility index (Phi) is 8.12. The molecule has 0 aliphatic heterocycles. The summed E-state index contributed by atoms with van der Waals surface area (Å²) in [5, 5.41) is 10.2. The second-order valence-electron chi connectivity index (χ2n) is 8.14. The third-order valence-electron chi connectivity index (χ3n) is 4.16. The molecule has 0 heterocycles. The number of halogens is 4. The number of hydrogen-bond acceptors (Lipinski definition) is 4. The van der Waals surface area contributed by atoms with Crippen molar-refractivity contribution in [3.63, 3.8) is 0 Å². The second kappa shape index (κ2) is 10.0. The monoisotopic (exact) mass is 489 g/mol. The first kappa shape index (κ1) is 25.9. The molecule has 1 unspecified atom stereocenters. The zero-order valence-corrected chi connectivity index (χ0v) is 19.4. The number of aliphatic carboxylic acids is 1. The van der Waals surface area contributed by atoms with Crippen molar-refractivity contribution in [1.82, 2.24) is 0 Å². The number of amides is 1. The maximum absolute atomic E-state index is 13.2. The number of benzene rings is 2. The number of rotatable bonds is 7. The Balaban J connectivity index is 2.41. The van der Waals surface area contributed by atoms with Gasteiger partial charge in [-0.2, -0.15) is 13.2 Å². The summed E-state index contributed by atoms with van der Waals surface area (Å²) in [5.74, 6) is -1.06. The van der Waals surface area contributed by atoms with Crippen molar-refractivity contribution in [3.8, 4) is 11.5 Å². The van der Waals surface area contributed by atoms with Crippen LogP contribution in [0.3, 0.4) is 0 Å². The lowest BCUT2D eigenvalue weighted by molar-refractivity contribution is -0.136. The SMILES string of the molecule is CC(Sc1cc(NC(=O)C(C)(C)C)ccc1Oc1cc(Cl)cc(CC(=O)O)c1)C(F)(F)F. The second-order valence-corrected chi connectivity index (χ2v) is 9.95. The van der Waals surface area contributed by atoms with Crippen LogP contribution in [0.25, 0.3) is 0 Å². The van der Waals surface area contributed by atoms with Crippen molar-refractivity contribution < 1.29 is 32.6 Å². The lowest BCUT2D eigenvalue weighted by Crippen LogP contribution is -2.27. The predicted octanol–water partition coefficient (Wildman–Crippen LogP) is 6.79. The summed E-state index contributed by atoms with van der Waals surface area (Å²) in [6.07, 6.45) is -4.74. The highest BCUT2D eigenvalue weighted by molar-refractivity contribution is 8.00. The predicted molar refractivity (Wildman–Crippen MR) is 119 cm³/mol. The molecule has 174 valence electrons. The van der Waals surface area contributed by atoms with Crippen molar-refractivity contribution in [2.75, 3.05) is 5.32 Å². The number of carbonyl (C=O) groups is 2. The van der Waals surface area contributed by atoms with Gasteiger partial charge in [-0.1, -0.05) is 32.4 Å². The van der Waals surface area contributed by atoms with Gasteiger partial charge in [-0.25, -0.2) is 0 Å². The third-order valence-corrected chi connectivity index (χ3v) is 5.57. The quantitative estimate of drug-likeness (QED) is 0.419. The van der Waals surface area contributed by atoms with Crippen LogP contribution in [0.5, 0.6) is 11.5 Å². The van der Waals surface area contributed by atoms with Crippen LogP contribution in [0.1, 0.15) is 33.3 Å². The number of carboxylic acid groups (broad SMARTS) is 1. The Hall–Kier alpha value is -2.39. The largest absolute Gasteiger partial charge is 0.481 e. The van der Waals surface area contributed by atoms with E-state index in [9.17, 15) is 22.8 Å². The number of anilines is 1. The first-order valence-corrected chi connectivity index (χ1v) is 10.8. The summed E-state index contributed by atoms with van der Waals surface area (Å²) >= 11 is 6.57. The molecule has 0 fully saturated rings. The fourth-order valence-corrected chi connectivity index (χ4v) is 3.60. The van der Waals surface area contributed by atoms with Gasteiger partial charge in [-0.3, -0.25) is 9.59 Å². The molecule has 2 aromatic rings. The van der Waals surface area contributed by atoms with E-state index in [1.807, 2.05) is 0 Å². The van der Waals surface area contributed by atoms with Crippen LogP contribution in [0, 0.1) is 5.41 Å². The van der Waals surface area contributed by atoms with Gasteiger partial charge < -0.3 is 15.2 Å². The Labute approximate surface area is 193 Å². The highest BCUT2D eigenvalue weighted by Crippen LogP contribution is 2.42. The van der Waals surface area contributed by atoms with Crippen molar-refractivity contribution in [2.24, 2.45) is 5.41 Å². The maximum atomic E-state index is 13.2. The highest BCUT2D eigenvalue weighted by Gasteiger charge is 2.37. The molecule has 1 amide bonds.